The molecule has 0 bridgehead atoms. The molecule has 1 aromatic heterocycles. The molecule has 5 heteroatoms. The molecule has 0 atom stereocenters. The molecule has 0 fully saturated rings. The van der Waals surface area contributed by atoms with Gasteiger partial charge in [-0.25, -0.2) is 0 Å². The number of thiophene rings is 1. The smallest absolute Gasteiger partial charge is 0.251 e. The van der Waals surface area contributed by atoms with Gasteiger partial charge in [0.2, 0.25) is 5.91 Å². The Kier molecular flexibility index (Phi) is 4.95. The minimum Gasteiger partial charge on any atom is -0.366 e. The Morgan fingerprint density at radius 2 is 1.80 bits per heavy atom. The molecular weight excluding hydrogens is 332 g/mol. The quantitative estimate of drug-likeness (QED) is 0.730. The van der Waals surface area contributed by atoms with E-state index in [4.69, 9.17) is 5.73 Å². The maximum atomic E-state index is 12.4. The summed E-state index contributed by atoms with van der Waals surface area (Å²) >= 11 is 1.35. The lowest BCUT2D eigenvalue weighted by Crippen LogP contribution is -2.17. The number of carbonyl (C=O) groups is 2. The number of aryl methyl sites for hydroxylation is 1. The molecule has 3 aromatic rings. The van der Waals surface area contributed by atoms with Gasteiger partial charge in [-0.15, -0.1) is 11.3 Å². The van der Waals surface area contributed by atoms with Crippen molar-refractivity contribution in [3.05, 3.63) is 77.4 Å². The maximum Gasteiger partial charge on any atom is 0.251 e. The molecule has 0 unspecified atom stereocenters. The zero-order chi connectivity index (χ0) is 17.8. The van der Waals surface area contributed by atoms with Crippen molar-refractivity contribution in [2.75, 3.05) is 5.32 Å². The van der Waals surface area contributed by atoms with Crippen LogP contribution in [-0.4, -0.2) is 11.8 Å². The van der Waals surface area contributed by atoms with Crippen molar-refractivity contribution in [3.8, 4) is 10.4 Å². The van der Waals surface area contributed by atoms with Gasteiger partial charge in [-0.3, -0.25) is 9.59 Å². The Balaban J connectivity index is 1.82. The van der Waals surface area contributed by atoms with Crippen molar-refractivity contribution in [3.63, 3.8) is 0 Å². The largest absolute Gasteiger partial charge is 0.366 e. The Bertz CT molecular complexity index is 916. The highest BCUT2D eigenvalue weighted by molar-refractivity contribution is 7.20. The molecule has 0 saturated carbocycles. The van der Waals surface area contributed by atoms with Crippen molar-refractivity contribution >= 4 is 28.2 Å². The average Bonchev–Trinajstić information content (AvgIpc) is 2.99. The van der Waals surface area contributed by atoms with Crippen molar-refractivity contribution in [1.29, 1.82) is 0 Å². The van der Waals surface area contributed by atoms with E-state index in [2.05, 4.69) is 5.32 Å². The van der Waals surface area contributed by atoms with Gasteiger partial charge in [-0.05, 0) is 24.1 Å². The topological polar surface area (TPSA) is 72.2 Å². The highest BCUT2D eigenvalue weighted by Gasteiger charge is 2.17. The zero-order valence-corrected chi connectivity index (χ0v) is 14.6. The Labute approximate surface area is 150 Å². The predicted molar refractivity (Wildman–Crippen MR) is 102 cm³/mol. The van der Waals surface area contributed by atoms with E-state index < -0.39 is 5.91 Å². The fraction of sp³-hybridized carbons (Fsp3) is 0.100. The van der Waals surface area contributed by atoms with E-state index in [1.54, 1.807) is 6.07 Å². The van der Waals surface area contributed by atoms with Gasteiger partial charge in [-0.1, -0.05) is 60.2 Å². The van der Waals surface area contributed by atoms with Crippen molar-refractivity contribution in [1.82, 2.24) is 0 Å². The molecule has 0 aliphatic rings. The van der Waals surface area contributed by atoms with Crippen LogP contribution in [0.1, 0.15) is 21.5 Å². The van der Waals surface area contributed by atoms with Gasteiger partial charge in [0.1, 0.15) is 5.00 Å². The lowest BCUT2D eigenvalue weighted by atomic mass is 10.1. The molecule has 0 aliphatic carbocycles. The second-order valence-electron chi connectivity index (χ2n) is 5.80. The van der Waals surface area contributed by atoms with Crippen LogP contribution < -0.4 is 11.1 Å². The second-order valence-corrected chi connectivity index (χ2v) is 6.85. The molecule has 0 aliphatic heterocycles. The fourth-order valence-electron chi connectivity index (χ4n) is 2.59. The summed E-state index contributed by atoms with van der Waals surface area (Å²) in [4.78, 5) is 25.0. The number of rotatable bonds is 5. The third-order valence-corrected chi connectivity index (χ3v) is 4.86. The number of nitrogens with one attached hydrogen (secondary N) is 1. The summed E-state index contributed by atoms with van der Waals surface area (Å²) < 4.78 is 0. The first-order chi connectivity index (χ1) is 12.0. The number of amides is 2. The van der Waals surface area contributed by atoms with E-state index in [9.17, 15) is 9.59 Å². The number of anilines is 1. The van der Waals surface area contributed by atoms with Gasteiger partial charge in [0.15, 0.2) is 0 Å². The normalized spacial score (nSPS) is 10.4. The third kappa shape index (κ3) is 4.14. The molecule has 2 aromatic carbocycles. The number of primary amides is 1. The van der Waals surface area contributed by atoms with Crippen LogP contribution in [0.25, 0.3) is 10.4 Å². The Hall–Kier alpha value is -2.92. The molecule has 1 heterocycles. The lowest BCUT2D eigenvalue weighted by molar-refractivity contribution is -0.115. The molecule has 3 rings (SSSR count). The van der Waals surface area contributed by atoms with Gasteiger partial charge in [0, 0.05) is 4.88 Å². The van der Waals surface area contributed by atoms with Gasteiger partial charge in [0.05, 0.1) is 12.0 Å². The van der Waals surface area contributed by atoms with E-state index in [1.165, 1.54) is 11.3 Å². The molecule has 25 heavy (non-hydrogen) atoms. The highest BCUT2D eigenvalue weighted by atomic mass is 32.1. The Morgan fingerprint density at radius 3 is 2.48 bits per heavy atom. The SMILES string of the molecule is Cc1cccc(CC(=O)Nc2sc(-c3ccccc3)cc2C(N)=O)c1. The second kappa shape index (κ2) is 7.32. The van der Waals surface area contributed by atoms with Crippen LogP contribution >= 0.6 is 11.3 Å². The number of benzene rings is 2. The lowest BCUT2D eigenvalue weighted by Gasteiger charge is -2.05. The van der Waals surface area contributed by atoms with Crippen LogP contribution in [0.3, 0.4) is 0 Å². The number of hydrogen-bond donors (Lipinski definition) is 2. The summed E-state index contributed by atoms with van der Waals surface area (Å²) in [5.41, 5.74) is 8.82. The number of nitrogens with two attached hydrogens (primary N) is 1. The van der Waals surface area contributed by atoms with Crippen LogP contribution in [-0.2, 0) is 11.2 Å². The summed E-state index contributed by atoms with van der Waals surface area (Å²) in [5.74, 6) is -0.723. The van der Waals surface area contributed by atoms with Crippen molar-refractivity contribution in [2.45, 2.75) is 13.3 Å². The summed E-state index contributed by atoms with van der Waals surface area (Å²) in [6.07, 6.45) is 0.248. The van der Waals surface area contributed by atoms with E-state index in [-0.39, 0.29) is 12.3 Å². The zero-order valence-electron chi connectivity index (χ0n) is 13.8. The van der Waals surface area contributed by atoms with Crippen LogP contribution in [0, 0.1) is 6.92 Å². The molecule has 0 radical (unpaired) electrons. The van der Waals surface area contributed by atoms with E-state index in [0.717, 1.165) is 21.6 Å². The molecule has 3 N–H and O–H groups in total. The van der Waals surface area contributed by atoms with E-state index >= 15 is 0 Å². The van der Waals surface area contributed by atoms with Gasteiger partial charge >= 0.3 is 0 Å². The van der Waals surface area contributed by atoms with Crippen LogP contribution in [0.5, 0.6) is 0 Å². The summed E-state index contributed by atoms with van der Waals surface area (Å²) in [6, 6.07) is 19.2. The molecule has 126 valence electrons. The summed E-state index contributed by atoms with van der Waals surface area (Å²) in [7, 11) is 0. The fourth-order valence-corrected chi connectivity index (χ4v) is 3.67. The summed E-state index contributed by atoms with van der Waals surface area (Å²) in [6.45, 7) is 1.98. The number of hydrogen-bond acceptors (Lipinski definition) is 3. The Morgan fingerprint density at radius 1 is 1.04 bits per heavy atom. The van der Waals surface area contributed by atoms with Crippen molar-refractivity contribution < 1.29 is 9.59 Å². The maximum absolute atomic E-state index is 12.4. The average molecular weight is 350 g/mol. The monoisotopic (exact) mass is 350 g/mol. The van der Waals surface area contributed by atoms with E-state index in [0.29, 0.717) is 10.6 Å². The van der Waals surface area contributed by atoms with E-state index in [1.807, 2.05) is 61.5 Å². The number of carbonyl (C=O) groups excluding carboxylic acids is 2. The third-order valence-electron chi connectivity index (χ3n) is 3.76. The van der Waals surface area contributed by atoms with Gasteiger partial charge in [-0.2, -0.15) is 0 Å². The van der Waals surface area contributed by atoms with Gasteiger partial charge < -0.3 is 11.1 Å². The molecular formula is C20H18N2O2S. The van der Waals surface area contributed by atoms with Crippen LogP contribution in [0.4, 0.5) is 5.00 Å². The van der Waals surface area contributed by atoms with Crippen molar-refractivity contribution in [2.24, 2.45) is 5.73 Å². The first kappa shape index (κ1) is 16.9. The summed E-state index contributed by atoms with van der Waals surface area (Å²) in [5, 5.41) is 3.32. The molecule has 0 saturated heterocycles. The van der Waals surface area contributed by atoms with Gasteiger partial charge in [0.25, 0.3) is 5.91 Å². The predicted octanol–water partition coefficient (Wildman–Crippen LogP) is 4.00. The minimum absolute atomic E-state index is 0.172. The molecule has 0 spiro atoms. The first-order valence-corrected chi connectivity index (χ1v) is 8.69. The molecule has 4 nitrogen and oxygen atoms in total. The molecule has 2 amide bonds. The van der Waals surface area contributed by atoms with Crippen LogP contribution in [0.15, 0.2) is 60.7 Å². The standard InChI is InChI=1S/C20H18N2O2S/c1-13-6-5-7-14(10-13)11-18(23)22-20-16(19(21)24)12-17(25-20)15-8-3-2-4-9-15/h2-10,12H,11H2,1H3,(H2,21,24)(H,22,23). The first-order valence-electron chi connectivity index (χ1n) is 7.87. The highest BCUT2D eigenvalue weighted by Crippen LogP contribution is 2.35. The van der Waals surface area contributed by atoms with Crippen LogP contribution in [0.2, 0.25) is 0 Å². The minimum atomic E-state index is -0.552.